The summed E-state index contributed by atoms with van der Waals surface area (Å²) in [6.07, 6.45) is 0. The Morgan fingerprint density at radius 1 is 1.31 bits per heavy atom. The molecule has 1 N–H and O–H groups in total. The molecule has 88 valence electrons. The van der Waals surface area contributed by atoms with Crippen molar-refractivity contribution in [2.24, 2.45) is 5.92 Å². The highest BCUT2D eigenvalue weighted by atomic mass is 16.5. The molecule has 0 unspecified atom stereocenters. The first-order valence-corrected chi connectivity index (χ1v) is 5.57. The van der Waals surface area contributed by atoms with Crippen molar-refractivity contribution < 1.29 is 9.53 Å². The van der Waals surface area contributed by atoms with Crippen LogP contribution in [0.2, 0.25) is 0 Å². The standard InChI is InChI=1S/C13H19NO2/c1-11(2)8-14-13(15)10-16-9-12-6-4-3-5-7-12/h3-7,11H,8-10H2,1-2H3,(H,14,15). The minimum absolute atomic E-state index is 0.0513. The van der Waals surface area contributed by atoms with Crippen molar-refractivity contribution in [3.8, 4) is 0 Å². The van der Waals surface area contributed by atoms with Gasteiger partial charge in [0.2, 0.25) is 5.91 Å². The van der Waals surface area contributed by atoms with E-state index < -0.39 is 0 Å². The average Bonchev–Trinajstić information content (AvgIpc) is 2.28. The van der Waals surface area contributed by atoms with Gasteiger partial charge < -0.3 is 10.1 Å². The Hall–Kier alpha value is -1.35. The summed E-state index contributed by atoms with van der Waals surface area (Å²) in [6.45, 7) is 5.43. The van der Waals surface area contributed by atoms with Gasteiger partial charge in [0.05, 0.1) is 6.61 Å². The maximum Gasteiger partial charge on any atom is 0.246 e. The Balaban J connectivity index is 2.13. The molecule has 3 heteroatoms. The second-order valence-electron chi connectivity index (χ2n) is 4.18. The molecule has 16 heavy (non-hydrogen) atoms. The minimum Gasteiger partial charge on any atom is -0.367 e. The molecular weight excluding hydrogens is 202 g/mol. The van der Waals surface area contributed by atoms with E-state index in [9.17, 15) is 4.79 Å². The number of hydrogen-bond acceptors (Lipinski definition) is 2. The fourth-order valence-corrected chi connectivity index (χ4v) is 1.20. The SMILES string of the molecule is CC(C)CNC(=O)COCc1ccccc1. The van der Waals surface area contributed by atoms with E-state index in [0.29, 0.717) is 19.1 Å². The van der Waals surface area contributed by atoms with E-state index in [-0.39, 0.29) is 12.5 Å². The third-order valence-electron chi connectivity index (χ3n) is 2.05. The van der Waals surface area contributed by atoms with E-state index in [0.717, 1.165) is 5.56 Å². The van der Waals surface area contributed by atoms with Crippen LogP contribution in [-0.4, -0.2) is 19.1 Å². The molecule has 1 rings (SSSR count). The summed E-state index contributed by atoms with van der Waals surface area (Å²) in [5.41, 5.74) is 1.08. The molecule has 0 aliphatic heterocycles. The van der Waals surface area contributed by atoms with Gasteiger partial charge in [0.15, 0.2) is 0 Å². The van der Waals surface area contributed by atoms with Crippen LogP contribution in [0.15, 0.2) is 30.3 Å². The van der Waals surface area contributed by atoms with Gasteiger partial charge in [-0.1, -0.05) is 44.2 Å². The summed E-state index contributed by atoms with van der Waals surface area (Å²) in [5.74, 6) is 0.419. The van der Waals surface area contributed by atoms with Crippen LogP contribution in [0.4, 0.5) is 0 Å². The first-order chi connectivity index (χ1) is 7.68. The number of nitrogens with one attached hydrogen (secondary N) is 1. The Bertz CT molecular complexity index is 309. The molecule has 0 aliphatic rings. The Kier molecular flexibility index (Phi) is 5.57. The lowest BCUT2D eigenvalue weighted by atomic mass is 10.2. The van der Waals surface area contributed by atoms with Crippen LogP contribution in [0.25, 0.3) is 0 Å². The minimum atomic E-state index is -0.0513. The predicted octanol–water partition coefficient (Wildman–Crippen LogP) is 1.98. The van der Waals surface area contributed by atoms with Gasteiger partial charge in [0, 0.05) is 6.54 Å². The Morgan fingerprint density at radius 3 is 2.62 bits per heavy atom. The summed E-state index contributed by atoms with van der Waals surface area (Å²) in [7, 11) is 0. The summed E-state index contributed by atoms with van der Waals surface area (Å²) in [4.78, 5) is 11.3. The summed E-state index contributed by atoms with van der Waals surface area (Å²) in [6, 6.07) is 9.83. The lowest BCUT2D eigenvalue weighted by molar-refractivity contribution is -0.126. The number of hydrogen-bond donors (Lipinski definition) is 1. The number of ether oxygens (including phenoxy) is 1. The first-order valence-electron chi connectivity index (χ1n) is 5.57. The molecule has 1 amide bonds. The van der Waals surface area contributed by atoms with Gasteiger partial charge in [-0.25, -0.2) is 0 Å². The molecule has 0 bridgehead atoms. The number of benzene rings is 1. The lowest BCUT2D eigenvalue weighted by Gasteiger charge is -2.08. The van der Waals surface area contributed by atoms with Gasteiger partial charge in [-0.2, -0.15) is 0 Å². The quantitative estimate of drug-likeness (QED) is 0.797. The van der Waals surface area contributed by atoms with Crippen LogP contribution in [0.3, 0.4) is 0 Å². The highest BCUT2D eigenvalue weighted by Gasteiger charge is 2.02. The van der Waals surface area contributed by atoms with Crippen molar-refractivity contribution in [1.82, 2.24) is 5.32 Å². The maximum atomic E-state index is 11.3. The van der Waals surface area contributed by atoms with Crippen molar-refractivity contribution >= 4 is 5.91 Å². The molecular formula is C13H19NO2. The van der Waals surface area contributed by atoms with Crippen molar-refractivity contribution in [3.63, 3.8) is 0 Å². The van der Waals surface area contributed by atoms with Gasteiger partial charge in [-0.05, 0) is 11.5 Å². The van der Waals surface area contributed by atoms with E-state index in [1.165, 1.54) is 0 Å². The molecule has 0 fully saturated rings. The largest absolute Gasteiger partial charge is 0.367 e. The Labute approximate surface area is 96.8 Å². The normalized spacial score (nSPS) is 10.4. The molecule has 0 heterocycles. The number of amides is 1. The van der Waals surface area contributed by atoms with Crippen LogP contribution in [0, 0.1) is 5.92 Å². The smallest absolute Gasteiger partial charge is 0.246 e. The summed E-state index contributed by atoms with van der Waals surface area (Å²) < 4.78 is 5.30. The predicted molar refractivity (Wildman–Crippen MR) is 63.9 cm³/mol. The molecule has 3 nitrogen and oxygen atoms in total. The van der Waals surface area contributed by atoms with E-state index in [1.807, 2.05) is 30.3 Å². The van der Waals surface area contributed by atoms with E-state index in [4.69, 9.17) is 4.74 Å². The van der Waals surface area contributed by atoms with E-state index >= 15 is 0 Å². The van der Waals surface area contributed by atoms with Crippen molar-refractivity contribution in [3.05, 3.63) is 35.9 Å². The zero-order valence-electron chi connectivity index (χ0n) is 9.90. The van der Waals surface area contributed by atoms with Crippen molar-refractivity contribution in [2.75, 3.05) is 13.2 Å². The molecule has 0 aliphatic carbocycles. The number of rotatable bonds is 6. The fourth-order valence-electron chi connectivity index (χ4n) is 1.20. The summed E-state index contributed by atoms with van der Waals surface area (Å²) >= 11 is 0. The van der Waals surface area contributed by atoms with Gasteiger partial charge >= 0.3 is 0 Å². The molecule has 0 radical (unpaired) electrons. The molecule has 0 saturated heterocycles. The second-order valence-corrected chi connectivity index (χ2v) is 4.18. The van der Waals surface area contributed by atoms with Crippen LogP contribution in [-0.2, 0) is 16.1 Å². The van der Waals surface area contributed by atoms with Crippen molar-refractivity contribution in [1.29, 1.82) is 0 Å². The van der Waals surface area contributed by atoms with E-state index in [1.54, 1.807) is 0 Å². The second kappa shape index (κ2) is 7.01. The third-order valence-corrected chi connectivity index (χ3v) is 2.05. The Morgan fingerprint density at radius 2 is 2.00 bits per heavy atom. The van der Waals surface area contributed by atoms with Gasteiger partial charge in [0.1, 0.15) is 6.61 Å². The monoisotopic (exact) mass is 221 g/mol. The highest BCUT2D eigenvalue weighted by Crippen LogP contribution is 1.99. The topological polar surface area (TPSA) is 38.3 Å². The van der Waals surface area contributed by atoms with Crippen LogP contribution in [0.1, 0.15) is 19.4 Å². The third kappa shape index (κ3) is 5.51. The first kappa shape index (κ1) is 12.7. The highest BCUT2D eigenvalue weighted by molar-refractivity contribution is 5.77. The molecule has 1 aromatic rings. The molecule has 0 atom stereocenters. The molecule has 0 saturated carbocycles. The van der Waals surface area contributed by atoms with Crippen LogP contribution < -0.4 is 5.32 Å². The van der Waals surface area contributed by atoms with Gasteiger partial charge in [-0.3, -0.25) is 4.79 Å². The van der Waals surface area contributed by atoms with Gasteiger partial charge in [-0.15, -0.1) is 0 Å². The average molecular weight is 221 g/mol. The zero-order chi connectivity index (χ0) is 11.8. The molecule has 1 aromatic carbocycles. The fraction of sp³-hybridized carbons (Fsp3) is 0.462. The number of carbonyl (C=O) groups is 1. The van der Waals surface area contributed by atoms with Gasteiger partial charge in [0.25, 0.3) is 0 Å². The zero-order valence-corrected chi connectivity index (χ0v) is 9.90. The van der Waals surface area contributed by atoms with E-state index in [2.05, 4.69) is 19.2 Å². The molecule has 0 aromatic heterocycles. The maximum absolute atomic E-state index is 11.3. The van der Waals surface area contributed by atoms with Crippen LogP contribution >= 0.6 is 0 Å². The van der Waals surface area contributed by atoms with Crippen LogP contribution in [0.5, 0.6) is 0 Å². The molecule has 0 spiro atoms. The summed E-state index contributed by atoms with van der Waals surface area (Å²) in [5, 5.41) is 2.80. The number of carbonyl (C=O) groups excluding carboxylic acids is 1. The van der Waals surface area contributed by atoms with Crippen molar-refractivity contribution in [2.45, 2.75) is 20.5 Å². The lowest BCUT2D eigenvalue weighted by Crippen LogP contribution is -2.30.